The van der Waals surface area contributed by atoms with Crippen molar-refractivity contribution < 1.29 is 0 Å². The highest BCUT2D eigenvalue weighted by Gasteiger charge is 2.23. The Morgan fingerprint density at radius 1 is 1.31 bits per heavy atom. The zero-order valence-electron chi connectivity index (χ0n) is 7.20. The van der Waals surface area contributed by atoms with E-state index in [1.54, 1.807) is 6.20 Å². The zero-order chi connectivity index (χ0) is 9.42. The molecular formula is C9H12BrN3. The average Bonchev–Trinajstić information content (AvgIpc) is 2.12. The van der Waals surface area contributed by atoms with Crippen LogP contribution < -0.4 is 11.5 Å². The van der Waals surface area contributed by atoms with Crippen molar-refractivity contribution in [2.45, 2.75) is 24.9 Å². The van der Waals surface area contributed by atoms with Crippen LogP contribution in [0.25, 0.3) is 0 Å². The minimum atomic E-state index is 0.0582. The molecule has 1 aromatic heterocycles. The topological polar surface area (TPSA) is 64.9 Å². The zero-order valence-corrected chi connectivity index (χ0v) is 8.79. The predicted octanol–water partition coefficient (Wildman–Crippen LogP) is 1.64. The Bertz CT molecular complexity index is 327. The molecule has 0 saturated heterocycles. The summed E-state index contributed by atoms with van der Waals surface area (Å²) in [5, 5.41) is 0. The summed E-state index contributed by atoms with van der Waals surface area (Å²) >= 11 is 3.38. The van der Waals surface area contributed by atoms with Crippen molar-refractivity contribution in [1.29, 1.82) is 0 Å². The van der Waals surface area contributed by atoms with Crippen molar-refractivity contribution in [3.8, 4) is 0 Å². The second-order valence-electron chi connectivity index (χ2n) is 3.42. The molecule has 0 bridgehead atoms. The van der Waals surface area contributed by atoms with Gasteiger partial charge in [-0.15, -0.1) is 0 Å². The van der Waals surface area contributed by atoms with Crippen molar-refractivity contribution in [2.24, 2.45) is 11.5 Å². The molecule has 0 fully saturated rings. The van der Waals surface area contributed by atoms with E-state index in [2.05, 4.69) is 20.9 Å². The largest absolute Gasteiger partial charge is 0.324 e. The Balaban J connectivity index is 2.50. The first-order chi connectivity index (χ1) is 6.18. The molecule has 4 heteroatoms. The summed E-state index contributed by atoms with van der Waals surface area (Å²) in [5.41, 5.74) is 13.9. The molecule has 13 heavy (non-hydrogen) atoms. The molecule has 1 aliphatic carbocycles. The fraction of sp³-hybridized carbons (Fsp3) is 0.444. The summed E-state index contributed by atoms with van der Waals surface area (Å²) in [6.45, 7) is 0. The van der Waals surface area contributed by atoms with Gasteiger partial charge in [0.15, 0.2) is 0 Å². The number of hydrogen-bond acceptors (Lipinski definition) is 3. The summed E-state index contributed by atoms with van der Waals surface area (Å²) in [4.78, 5) is 4.30. The number of rotatable bonds is 0. The van der Waals surface area contributed by atoms with Crippen LogP contribution in [0.1, 0.15) is 36.2 Å². The van der Waals surface area contributed by atoms with E-state index in [4.69, 9.17) is 11.5 Å². The van der Waals surface area contributed by atoms with Gasteiger partial charge in [-0.05, 0) is 40.4 Å². The summed E-state index contributed by atoms with van der Waals surface area (Å²) in [5.74, 6) is 0. The highest BCUT2D eigenvalue weighted by molar-refractivity contribution is 9.10. The van der Waals surface area contributed by atoms with Gasteiger partial charge in [0.2, 0.25) is 0 Å². The van der Waals surface area contributed by atoms with Gasteiger partial charge < -0.3 is 11.5 Å². The number of halogens is 1. The highest BCUT2D eigenvalue weighted by atomic mass is 79.9. The van der Waals surface area contributed by atoms with Gasteiger partial charge in [-0.1, -0.05) is 0 Å². The summed E-state index contributed by atoms with van der Waals surface area (Å²) in [6, 6.07) is 2.18. The van der Waals surface area contributed by atoms with Crippen LogP contribution >= 0.6 is 15.9 Å². The molecule has 2 atom stereocenters. The fourth-order valence-electron chi connectivity index (χ4n) is 1.72. The number of pyridine rings is 1. The van der Waals surface area contributed by atoms with Crippen LogP contribution in [-0.4, -0.2) is 4.98 Å². The molecule has 0 radical (unpaired) electrons. The lowest BCUT2D eigenvalue weighted by molar-refractivity contribution is 0.488. The van der Waals surface area contributed by atoms with Crippen molar-refractivity contribution in [3.63, 3.8) is 0 Å². The Morgan fingerprint density at radius 3 is 2.77 bits per heavy atom. The number of hydrogen-bond donors (Lipinski definition) is 2. The van der Waals surface area contributed by atoms with Gasteiger partial charge in [0.1, 0.15) is 0 Å². The number of fused-ring (bicyclic) bond motifs is 1. The van der Waals surface area contributed by atoms with Crippen molar-refractivity contribution in [2.75, 3.05) is 0 Å². The van der Waals surface area contributed by atoms with Gasteiger partial charge in [0.25, 0.3) is 0 Å². The lowest BCUT2D eigenvalue weighted by atomic mass is 9.89. The molecule has 4 N–H and O–H groups in total. The van der Waals surface area contributed by atoms with Crippen molar-refractivity contribution in [1.82, 2.24) is 4.98 Å². The Morgan fingerprint density at radius 2 is 2.00 bits per heavy atom. The van der Waals surface area contributed by atoms with Gasteiger partial charge in [-0.25, -0.2) is 0 Å². The summed E-state index contributed by atoms with van der Waals surface area (Å²) in [6.07, 6.45) is 3.66. The molecule has 1 heterocycles. The van der Waals surface area contributed by atoms with Gasteiger partial charge >= 0.3 is 0 Å². The second-order valence-corrected chi connectivity index (χ2v) is 4.33. The normalized spacial score (nSPS) is 27.0. The third-order valence-corrected chi connectivity index (χ3v) is 2.89. The molecule has 3 nitrogen and oxygen atoms in total. The standard InChI is InChI=1S/C9H12BrN3/c10-5-3-6-7(11)1-2-8(12)9(6)13-4-5/h3-4,7-8H,1-2,11-12H2/t7-,8+/m0/s1. The average molecular weight is 242 g/mol. The van der Waals surface area contributed by atoms with E-state index in [1.165, 1.54) is 0 Å². The van der Waals surface area contributed by atoms with Crippen LogP contribution in [0.3, 0.4) is 0 Å². The number of nitrogens with zero attached hydrogens (tertiary/aromatic N) is 1. The van der Waals surface area contributed by atoms with Crippen LogP contribution in [0.2, 0.25) is 0 Å². The van der Waals surface area contributed by atoms with Gasteiger partial charge in [-0.3, -0.25) is 4.98 Å². The summed E-state index contributed by atoms with van der Waals surface area (Å²) in [7, 11) is 0. The predicted molar refractivity (Wildman–Crippen MR) is 55.0 cm³/mol. The molecule has 0 aromatic carbocycles. The summed E-state index contributed by atoms with van der Waals surface area (Å²) < 4.78 is 0.968. The van der Waals surface area contributed by atoms with E-state index in [1.807, 2.05) is 6.07 Å². The molecule has 70 valence electrons. The van der Waals surface area contributed by atoms with Crippen LogP contribution in [0.5, 0.6) is 0 Å². The molecule has 0 amide bonds. The van der Waals surface area contributed by atoms with Crippen LogP contribution in [0.15, 0.2) is 16.7 Å². The van der Waals surface area contributed by atoms with E-state index in [9.17, 15) is 0 Å². The first-order valence-electron chi connectivity index (χ1n) is 4.35. The number of nitrogens with two attached hydrogens (primary N) is 2. The third-order valence-electron chi connectivity index (χ3n) is 2.46. The Hall–Kier alpha value is -0.450. The van der Waals surface area contributed by atoms with Crippen LogP contribution in [0, 0.1) is 0 Å². The lowest BCUT2D eigenvalue weighted by Gasteiger charge is -2.25. The SMILES string of the molecule is N[C@@H]1CC[C@H](N)c2cc(Br)cnc21. The monoisotopic (exact) mass is 241 g/mol. The van der Waals surface area contributed by atoms with Crippen molar-refractivity contribution in [3.05, 3.63) is 28.0 Å². The maximum absolute atomic E-state index is 5.96. The van der Waals surface area contributed by atoms with Gasteiger partial charge in [0.05, 0.1) is 5.69 Å². The number of aromatic nitrogens is 1. The van der Waals surface area contributed by atoms with E-state index >= 15 is 0 Å². The van der Waals surface area contributed by atoms with Crippen molar-refractivity contribution >= 4 is 15.9 Å². The molecule has 2 rings (SSSR count). The first-order valence-corrected chi connectivity index (χ1v) is 5.14. The van der Waals surface area contributed by atoms with Gasteiger partial charge in [-0.2, -0.15) is 0 Å². The van der Waals surface area contributed by atoms with E-state index in [-0.39, 0.29) is 12.1 Å². The molecule has 0 spiro atoms. The molecule has 0 aliphatic heterocycles. The van der Waals surface area contributed by atoms with E-state index in [0.29, 0.717) is 0 Å². The Kier molecular flexibility index (Phi) is 2.36. The molecule has 1 aromatic rings. The quantitative estimate of drug-likeness (QED) is 0.726. The fourth-order valence-corrected chi connectivity index (χ4v) is 2.07. The van der Waals surface area contributed by atoms with Crippen LogP contribution in [0.4, 0.5) is 0 Å². The maximum Gasteiger partial charge on any atom is 0.0619 e. The molecular weight excluding hydrogens is 230 g/mol. The molecule has 0 unspecified atom stereocenters. The molecule has 0 saturated carbocycles. The smallest absolute Gasteiger partial charge is 0.0619 e. The van der Waals surface area contributed by atoms with Gasteiger partial charge in [0, 0.05) is 22.8 Å². The maximum atomic E-state index is 5.96. The highest BCUT2D eigenvalue weighted by Crippen LogP contribution is 2.33. The van der Waals surface area contributed by atoms with E-state index in [0.717, 1.165) is 28.6 Å². The molecule has 1 aliphatic rings. The van der Waals surface area contributed by atoms with Crippen LogP contribution in [-0.2, 0) is 0 Å². The Labute approximate surface area is 85.7 Å². The minimum Gasteiger partial charge on any atom is -0.324 e. The van der Waals surface area contributed by atoms with E-state index < -0.39 is 0 Å². The minimum absolute atomic E-state index is 0.0582. The lowest BCUT2D eigenvalue weighted by Crippen LogP contribution is -2.25. The third kappa shape index (κ3) is 1.61. The second kappa shape index (κ2) is 3.36. The first kappa shape index (κ1) is 9.12.